The lowest BCUT2D eigenvalue weighted by molar-refractivity contribution is -0.358. The van der Waals surface area contributed by atoms with E-state index < -0.39 is 85.0 Å². The van der Waals surface area contributed by atoms with Gasteiger partial charge in [-0.3, -0.25) is 0 Å². The molecule has 2 rings (SSSR count). The van der Waals surface area contributed by atoms with Crippen LogP contribution in [0.3, 0.4) is 0 Å². The van der Waals surface area contributed by atoms with Crippen LogP contribution >= 0.6 is 0 Å². The van der Waals surface area contributed by atoms with E-state index in [0.29, 0.717) is 6.42 Å². The van der Waals surface area contributed by atoms with Crippen LogP contribution in [0.4, 0.5) is 9.59 Å². The number of hydrogen-bond acceptors (Lipinski definition) is 13. The molecule has 322 valence electrons. The number of azide groups is 1. The first kappa shape index (κ1) is 49.3. The van der Waals surface area contributed by atoms with E-state index in [1.807, 2.05) is 6.08 Å². The molecule has 1 heterocycles. The Morgan fingerprint density at radius 2 is 1.40 bits per heavy atom. The van der Waals surface area contributed by atoms with Gasteiger partial charge in [0.15, 0.2) is 18.0 Å². The van der Waals surface area contributed by atoms with Crippen LogP contribution in [-0.2, 0) is 33.2 Å². The van der Waals surface area contributed by atoms with Gasteiger partial charge in [0.05, 0.1) is 18.8 Å². The van der Waals surface area contributed by atoms with Crippen LogP contribution in [-0.4, -0.2) is 95.3 Å². The molecule has 15 heteroatoms. The number of hydrogen-bond donors (Lipinski definition) is 2. The molecule has 7 atom stereocenters. The Labute approximate surface area is 338 Å². The Balaban J connectivity index is 2.26. The molecular formula is C42H67N3O12. The molecule has 1 aromatic rings. The molecule has 0 aromatic heterocycles. The standard InChI is InChI=1S/C42H67N3O12/c1-9-10-11-12-13-14-15-16-17-18-19-20-24-27-32(52-37(48)30-25-22-21-23-26-30)31(44-45-43)29-51-42(8)36(47)35(54-39(50)57-41(5,6)7)34(33(28-46)55-42)53-38(49)56-40(2,3)4/h21-27,31-36,46-47H,9-20,28-29H2,1-8H3/t31-,32+,33+,34-,35-,36+,42-/m0/s1. The highest BCUT2D eigenvalue weighted by molar-refractivity contribution is 5.89. The van der Waals surface area contributed by atoms with Crippen molar-refractivity contribution in [3.63, 3.8) is 0 Å². The number of benzene rings is 1. The highest BCUT2D eigenvalue weighted by atomic mass is 16.8. The topological polar surface area (TPSA) is 205 Å². The molecule has 57 heavy (non-hydrogen) atoms. The van der Waals surface area contributed by atoms with Gasteiger partial charge in [0, 0.05) is 4.91 Å². The number of allylic oxidation sites excluding steroid dienone is 1. The number of carbonyl (C=O) groups is 3. The average molecular weight is 806 g/mol. The summed E-state index contributed by atoms with van der Waals surface area (Å²) in [5.41, 5.74) is 7.91. The third kappa shape index (κ3) is 19.0. The van der Waals surface area contributed by atoms with Gasteiger partial charge >= 0.3 is 18.3 Å². The second kappa shape index (κ2) is 24.8. The van der Waals surface area contributed by atoms with E-state index in [0.717, 1.165) is 19.3 Å². The smallest absolute Gasteiger partial charge is 0.454 e. The SMILES string of the molecule is CCCCCCCCCCCCCC=C[C@@H](OC(=O)c1ccccc1)[C@H](CO[C@@]1(C)O[C@H](CO)[C@H](OC(=O)OC(C)(C)C)[C@H](OC(=O)OC(C)(C)C)[C@H]1O)N=[N+]=[N-]. The molecular weight excluding hydrogens is 738 g/mol. The normalized spacial score (nSPS) is 22.2. The molecule has 1 aromatic carbocycles. The monoisotopic (exact) mass is 805 g/mol. The Kier molecular flexibility index (Phi) is 21.4. The molecule has 15 nitrogen and oxygen atoms in total. The Bertz CT molecular complexity index is 1420. The van der Waals surface area contributed by atoms with Crippen molar-refractivity contribution in [3.8, 4) is 0 Å². The molecule has 0 bridgehead atoms. The number of aliphatic hydroxyl groups excluding tert-OH is 2. The van der Waals surface area contributed by atoms with E-state index in [1.165, 1.54) is 58.3 Å². The van der Waals surface area contributed by atoms with Gasteiger partial charge in [-0.2, -0.15) is 0 Å². The van der Waals surface area contributed by atoms with Crippen LogP contribution in [0.15, 0.2) is 47.6 Å². The van der Waals surface area contributed by atoms with Crippen LogP contribution in [0.1, 0.15) is 143 Å². The number of esters is 1. The lowest BCUT2D eigenvalue weighted by Gasteiger charge is -2.48. The Morgan fingerprint density at radius 1 is 0.877 bits per heavy atom. The molecule has 0 spiro atoms. The zero-order valence-electron chi connectivity index (χ0n) is 35.2. The van der Waals surface area contributed by atoms with Gasteiger partial charge in [0.25, 0.3) is 0 Å². The zero-order valence-corrected chi connectivity index (χ0v) is 35.2. The summed E-state index contributed by atoms with van der Waals surface area (Å²) in [4.78, 5) is 41.8. The summed E-state index contributed by atoms with van der Waals surface area (Å²) in [6.45, 7) is 12.0. The van der Waals surface area contributed by atoms with Crippen LogP contribution in [0.25, 0.3) is 10.4 Å². The summed E-state index contributed by atoms with van der Waals surface area (Å²) in [5.74, 6) is -2.73. The third-order valence-electron chi connectivity index (χ3n) is 9.02. The van der Waals surface area contributed by atoms with Gasteiger partial charge in [0.1, 0.15) is 35.6 Å². The summed E-state index contributed by atoms with van der Waals surface area (Å²) in [6.07, 6.45) is 7.44. The number of ether oxygens (including phenoxy) is 7. The Morgan fingerprint density at radius 3 is 1.91 bits per heavy atom. The number of aliphatic hydroxyl groups is 2. The quantitative estimate of drug-likeness (QED) is 0.0202. The predicted octanol–water partition coefficient (Wildman–Crippen LogP) is 9.27. The van der Waals surface area contributed by atoms with E-state index in [9.17, 15) is 30.1 Å². The second-order valence-corrected chi connectivity index (χ2v) is 16.5. The van der Waals surface area contributed by atoms with Crippen molar-refractivity contribution in [1.29, 1.82) is 0 Å². The lowest BCUT2D eigenvalue weighted by atomic mass is 9.93. The molecule has 0 aliphatic carbocycles. The van der Waals surface area contributed by atoms with Crippen LogP contribution < -0.4 is 0 Å². The number of unbranched alkanes of at least 4 members (excludes halogenated alkanes) is 11. The largest absolute Gasteiger partial charge is 0.509 e. The van der Waals surface area contributed by atoms with Crippen molar-refractivity contribution in [1.82, 2.24) is 0 Å². The molecule has 1 aliphatic heterocycles. The number of carbonyl (C=O) groups excluding carboxylic acids is 3. The van der Waals surface area contributed by atoms with Gasteiger partial charge in [-0.1, -0.05) is 101 Å². The van der Waals surface area contributed by atoms with Crippen LogP contribution in [0.2, 0.25) is 0 Å². The highest BCUT2D eigenvalue weighted by Gasteiger charge is 2.57. The van der Waals surface area contributed by atoms with Crippen LogP contribution in [0, 0.1) is 0 Å². The van der Waals surface area contributed by atoms with E-state index in [2.05, 4.69) is 16.9 Å². The summed E-state index contributed by atoms with van der Waals surface area (Å²) < 4.78 is 39.4. The summed E-state index contributed by atoms with van der Waals surface area (Å²) >= 11 is 0. The molecule has 1 aliphatic rings. The van der Waals surface area contributed by atoms with Crippen molar-refractivity contribution < 1.29 is 57.8 Å². The van der Waals surface area contributed by atoms with Crippen molar-refractivity contribution in [2.75, 3.05) is 13.2 Å². The highest BCUT2D eigenvalue weighted by Crippen LogP contribution is 2.35. The van der Waals surface area contributed by atoms with E-state index in [-0.39, 0.29) is 5.56 Å². The first-order valence-electron chi connectivity index (χ1n) is 20.3. The number of nitrogens with zero attached hydrogens (tertiary/aromatic N) is 3. The van der Waals surface area contributed by atoms with Crippen molar-refractivity contribution >= 4 is 18.3 Å². The summed E-state index contributed by atoms with van der Waals surface area (Å²) in [7, 11) is 0. The second-order valence-electron chi connectivity index (χ2n) is 16.5. The van der Waals surface area contributed by atoms with Gasteiger partial charge < -0.3 is 43.4 Å². The zero-order chi connectivity index (χ0) is 42.5. The summed E-state index contributed by atoms with van der Waals surface area (Å²) in [6, 6.07) is 7.16. The van der Waals surface area contributed by atoms with Gasteiger partial charge in [-0.15, -0.1) is 0 Å². The minimum absolute atomic E-state index is 0.281. The fourth-order valence-electron chi connectivity index (χ4n) is 6.11. The molecule has 1 saturated heterocycles. The first-order valence-corrected chi connectivity index (χ1v) is 20.3. The minimum Gasteiger partial charge on any atom is -0.454 e. The summed E-state index contributed by atoms with van der Waals surface area (Å²) in [5, 5.41) is 25.9. The maximum Gasteiger partial charge on any atom is 0.509 e. The van der Waals surface area contributed by atoms with Gasteiger partial charge in [-0.25, -0.2) is 14.4 Å². The van der Waals surface area contributed by atoms with Crippen molar-refractivity contribution in [2.24, 2.45) is 5.11 Å². The number of rotatable bonds is 23. The maximum absolute atomic E-state index is 13.2. The van der Waals surface area contributed by atoms with Gasteiger partial charge in [-0.05, 0) is 85.0 Å². The minimum atomic E-state index is -2.07. The molecule has 2 N–H and O–H groups in total. The molecule has 0 radical (unpaired) electrons. The van der Waals surface area contributed by atoms with E-state index >= 15 is 0 Å². The first-order chi connectivity index (χ1) is 26.9. The molecule has 0 amide bonds. The van der Waals surface area contributed by atoms with E-state index in [1.54, 1.807) is 78.0 Å². The Hall–Kier alpha value is -3.88. The van der Waals surface area contributed by atoms with Crippen molar-refractivity contribution in [2.45, 2.75) is 186 Å². The molecule has 1 fully saturated rings. The maximum atomic E-state index is 13.2. The lowest BCUT2D eigenvalue weighted by Crippen LogP contribution is -2.67. The average Bonchev–Trinajstić information content (AvgIpc) is 3.13. The third-order valence-corrected chi connectivity index (χ3v) is 9.02. The predicted molar refractivity (Wildman–Crippen MR) is 213 cm³/mol. The van der Waals surface area contributed by atoms with E-state index in [4.69, 9.17) is 33.2 Å². The molecule has 0 saturated carbocycles. The molecule has 0 unspecified atom stereocenters. The van der Waals surface area contributed by atoms with Crippen molar-refractivity contribution in [3.05, 3.63) is 58.5 Å². The van der Waals surface area contributed by atoms with Crippen LogP contribution in [0.5, 0.6) is 0 Å². The van der Waals surface area contributed by atoms with Gasteiger partial charge in [0.2, 0.25) is 0 Å². The fraction of sp³-hybridized carbons (Fsp3) is 0.738. The fourth-order valence-corrected chi connectivity index (χ4v) is 6.11.